The van der Waals surface area contributed by atoms with Gasteiger partial charge in [-0.3, -0.25) is 14.2 Å². The summed E-state index contributed by atoms with van der Waals surface area (Å²) in [7, 11) is 0. The molecule has 1 aliphatic heterocycles. The summed E-state index contributed by atoms with van der Waals surface area (Å²) in [4.78, 5) is 54.2. The van der Waals surface area contributed by atoms with Crippen molar-refractivity contribution in [3.8, 4) is 0 Å². The van der Waals surface area contributed by atoms with Gasteiger partial charge >= 0.3 is 11.9 Å². The molecule has 0 unspecified atom stereocenters. The van der Waals surface area contributed by atoms with Crippen molar-refractivity contribution in [2.75, 3.05) is 18.5 Å². The zero-order chi connectivity index (χ0) is 25.5. The third-order valence-electron chi connectivity index (χ3n) is 6.02. The minimum absolute atomic E-state index is 0.101. The average Bonchev–Trinajstić information content (AvgIpc) is 3.13. The number of aryl methyl sites for hydroxylation is 1. The summed E-state index contributed by atoms with van der Waals surface area (Å²) in [5, 5.41) is 3.07. The standard InChI is InChI=1S/C27H29N3O6/c1-2-3-15-35-26(33)18-8-11-20(12-9-18)28-24(31)17-36-27(34)19-10-13-21-22(16-19)29-23-7-5-4-6-14-30(23)25(21)32/h8-13,16H,2-7,14-15,17H2,1H3,(H,28,31). The fourth-order valence-electron chi connectivity index (χ4n) is 4.04. The highest BCUT2D eigenvalue weighted by Crippen LogP contribution is 2.17. The van der Waals surface area contributed by atoms with E-state index >= 15 is 0 Å². The number of rotatable bonds is 8. The van der Waals surface area contributed by atoms with E-state index in [1.165, 1.54) is 12.1 Å². The number of hydrogen-bond acceptors (Lipinski definition) is 7. The van der Waals surface area contributed by atoms with Crippen molar-refractivity contribution in [3.05, 3.63) is 69.8 Å². The van der Waals surface area contributed by atoms with Gasteiger partial charge in [-0.25, -0.2) is 14.6 Å². The van der Waals surface area contributed by atoms with Crippen molar-refractivity contribution < 1.29 is 23.9 Å². The first-order valence-electron chi connectivity index (χ1n) is 12.2. The van der Waals surface area contributed by atoms with Gasteiger partial charge in [-0.1, -0.05) is 19.8 Å². The van der Waals surface area contributed by atoms with Gasteiger partial charge in [0.25, 0.3) is 11.5 Å². The molecular formula is C27H29N3O6. The summed E-state index contributed by atoms with van der Waals surface area (Å²) in [5.41, 5.74) is 1.40. The first kappa shape index (κ1) is 25.1. The van der Waals surface area contributed by atoms with Crippen LogP contribution < -0.4 is 10.9 Å². The third-order valence-corrected chi connectivity index (χ3v) is 6.02. The minimum atomic E-state index is -0.686. The molecule has 0 saturated heterocycles. The molecule has 0 atom stereocenters. The van der Waals surface area contributed by atoms with Crippen LogP contribution in [-0.4, -0.2) is 40.6 Å². The Morgan fingerprint density at radius 1 is 0.972 bits per heavy atom. The normalized spacial score (nSPS) is 12.9. The second-order valence-electron chi connectivity index (χ2n) is 8.72. The molecule has 0 spiro atoms. The summed E-state index contributed by atoms with van der Waals surface area (Å²) in [6, 6.07) is 10.9. The van der Waals surface area contributed by atoms with E-state index in [4.69, 9.17) is 9.47 Å². The lowest BCUT2D eigenvalue weighted by Gasteiger charge is -2.11. The van der Waals surface area contributed by atoms with Gasteiger partial charge in [-0.05, 0) is 61.7 Å². The summed E-state index contributed by atoms with van der Waals surface area (Å²) >= 11 is 0. The van der Waals surface area contributed by atoms with Crippen molar-refractivity contribution in [3.63, 3.8) is 0 Å². The van der Waals surface area contributed by atoms with Crippen LogP contribution in [0.25, 0.3) is 10.9 Å². The zero-order valence-corrected chi connectivity index (χ0v) is 20.2. The lowest BCUT2D eigenvalue weighted by Crippen LogP contribution is -2.25. The molecule has 4 rings (SSSR count). The van der Waals surface area contributed by atoms with Crippen molar-refractivity contribution in [2.24, 2.45) is 0 Å². The monoisotopic (exact) mass is 491 g/mol. The Balaban J connectivity index is 1.35. The van der Waals surface area contributed by atoms with Crippen LogP contribution in [0.15, 0.2) is 47.3 Å². The number of carbonyl (C=O) groups is 3. The number of nitrogens with one attached hydrogen (secondary N) is 1. The first-order chi connectivity index (χ1) is 17.5. The van der Waals surface area contributed by atoms with Crippen LogP contribution in [0.3, 0.4) is 0 Å². The van der Waals surface area contributed by atoms with E-state index in [1.54, 1.807) is 34.9 Å². The molecule has 9 nitrogen and oxygen atoms in total. The largest absolute Gasteiger partial charge is 0.462 e. The van der Waals surface area contributed by atoms with E-state index in [-0.39, 0.29) is 11.1 Å². The quantitative estimate of drug-likeness (QED) is 0.375. The molecular weight excluding hydrogens is 462 g/mol. The Kier molecular flexibility index (Phi) is 8.10. The minimum Gasteiger partial charge on any atom is -0.462 e. The molecule has 0 aliphatic carbocycles. The Morgan fingerprint density at radius 3 is 2.50 bits per heavy atom. The van der Waals surface area contributed by atoms with Crippen LogP contribution in [0.4, 0.5) is 5.69 Å². The second kappa shape index (κ2) is 11.6. The van der Waals surface area contributed by atoms with E-state index in [2.05, 4.69) is 10.3 Å². The van der Waals surface area contributed by atoms with E-state index in [0.717, 1.165) is 44.3 Å². The predicted molar refractivity (Wildman–Crippen MR) is 134 cm³/mol. The molecule has 1 N–H and O–H groups in total. The van der Waals surface area contributed by atoms with Crippen molar-refractivity contribution in [2.45, 2.75) is 52.0 Å². The maximum Gasteiger partial charge on any atom is 0.338 e. The third kappa shape index (κ3) is 5.97. The molecule has 36 heavy (non-hydrogen) atoms. The summed E-state index contributed by atoms with van der Waals surface area (Å²) in [6.07, 6.45) is 5.43. The molecule has 2 heterocycles. The van der Waals surface area contributed by atoms with E-state index in [0.29, 0.717) is 35.3 Å². The van der Waals surface area contributed by atoms with Crippen LogP contribution in [0.1, 0.15) is 65.6 Å². The number of carbonyl (C=O) groups excluding carboxylic acids is 3. The molecule has 3 aromatic rings. The lowest BCUT2D eigenvalue weighted by molar-refractivity contribution is -0.119. The van der Waals surface area contributed by atoms with Crippen molar-refractivity contribution in [1.82, 2.24) is 9.55 Å². The van der Waals surface area contributed by atoms with E-state index < -0.39 is 24.5 Å². The summed E-state index contributed by atoms with van der Waals surface area (Å²) in [5.74, 6) is -0.896. The smallest absolute Gasteiger partial charge is 0.338 e. The molecule has 0 fully saturated rings. The van der Waals surface area contributed by atoms with Crippen molar-refractivity contribution in [1.29, 1.82) is 0 Å². The van der Waals surface area contributed by atoms with Gasteiger partial charge in [0.05, 0.1) is 28.6 Å². The van der Waals surface area contributed by atoms with Crippen LogP contribution in [0, 0.1) is 0 Å². The zero-order valence-electron chi connectivity index (χ0n) is 20.2. The SMILES string of the molecule is CCCCOC(=O)c1ccc(NC(=O)COC(=O)c2ccc3c(=O)n4c(nc3c2)CCCCC4)cc1. The second-order valence-corrected chi connectivity index (χ2v) is 8.72. The van der Waals surface area contributed by atoms with Crippen LogP contribution in [0.2, 0.25) is 0 Å². The molecule has 1 aliphatic rings. The highest BCUT2D eigenvalue weighted by molar-refractivity contribution is 5.97. The number of unbranched alkanes of at least 4 members (excludes halogenated alkanes) is 1. The summed E-state index contributed by atoms with van der Waals surface area (Å²) in [6.45, 7) is 2.54. The molecule has 9 heteroatoms. The predicted octanol–water partition coefficient (Wildman–Crippen LogP) is 3.88. The van der Waals surface area contributed by atoms with Crippen LogP contribution >= 0.6 is 0 Å². The van der Waals surface area contributed by atoms with E-state index in [1.807, 2.05) is 6.92 Å². The molecule has 0 saturated carbocycles. The Morgan fingerprint density at radius 2 is 1.72 bits per heavy atom. The van der Waals surface area contributed by atoms with Gasteiger partial charge in [-0.2, -0.15) is 0 Å². The molecule has 188 valence electrons. The number of benzene rings is 2. The van der Waals surface area contributed by atoms with Gasteiger partial charge in [0.15, 0.2) is 6.61 Å². The highest BCUT2D eigenvalue weighted by atomic mass is 16.5. The van der Waals surface area contributed by atoms with Crippen molar-refractivity contribution >= 4 is 34.4 Å². The molecule has 1 amide bonds. The number of ether oxygens (including phenoxy) is 2. The van der Waals surface area contributed by atoms with Gasteiger partial charge in [0.2, 0.25) is 0 Å². The number of anilines is 1. The van der Waals surface area contributed by atoms with Gasteiger partial charge in [-0.15, -0.1) is 0 Å². The number of fused-ring (bicyclic) bond motifs is 2. The fourth-order valence-corrected chi connectivity index (χ4v) is 4.04. The van der Waals surface area contributed by atoms with Crippen LogP contribution in [0.5, 0.6) is 0 Å². The molecule has 0 bridgehead atoms. The van der Waals surface area contributed by atoms with Gasteiger partial charge in [0.1, 0.15) is 5.82 Å². The lowest BCUT2D eigenvalue weighted by atomic mass is 10.1. The number of amides is 1. The Hall–Kier alpha value is -4.01. The maximum absolute atomic E-state index is 12.8. The molecule has 1 aromatic heterocycles. The Labute approximate surface area is 208 Å². The van der Waals surface area contributed by atoms with E-state index in [9.17, 15) is 19.2 Å². The average molecular weight is 492 g/mol. The number of aromatic nitrogens is 2. The topological polar surface area (TPSA) is 117 Å². The maximum atomic E-state index is 12.8. The van der Waals surface area contributed by atoms with Gasteiger partial charge in [0, 0.05) is 18.7 Å². The highest BCUT2D eigenvalue weighted by Gasteiger charge is 2.17. The Bertz CT molecular complexity index is 1330. The number of hydrogen-bond donors (Lipinski definition) is 1. The molecule has 0 radical (unpaired) electrons. The number of nitrogens with zero attached hydrogens (tertiary/aromatic N) is 2. The fraction of sp³-hybridized carbons (Fsp3) is 0.370. The van der Waals surface area contributed by atoms with Gasteiger partial charge < -0.3 is 14.8 Å². The first-order valence-corrected chi connectivity index (χ1v) is 12.2. The number of esters is 2. The van der Waals surface area contributed by atoms with Crippen LogP contribution in [-0.2, 0) is 27.2 Å². The molecule has 2 aromatic carbocycles. The summed E-state index contributed by atoms with van der Waals surface area (Å²) < 4.78 is 12.0.